The lowest BCUT2D eigenvalue weighted by atomic mass is 10.1. The van der Waals surface area contributed by atoms with Crippen molar-refractivity contribution in [3.05, 3.63) is 65.7 Å². The van der Waals surface area contributed by atoms with Crippen LogP contribution in [0.5, 0.6) is 5.75 Å². The van der Waals surface area contributed by atoms with Crippen molar-refractivity contribution in [3.63, 3.8) is 0 Å². The smallest absolute Gasteiger partial charge is 0.191 e. The van der Waals surface area contributed by atoms with E-state index in [1.807, 2.05) is 18.2 Å². The first-order chi connectivity index (χ1) is 12.6. The highest BCUT2D eigenvalue weighted by Crippen LogP contribution is 2.12. The van der Waals surface area contributed by atoms with Crippen LogP contribution in [0.3, 0.4) is 0 Å². The zero-order valence-electron chi connectivity index (χ0n) is 16.6. The lowest BCUT2D eigenvalue weighted by Gasteiger charge is -2.25. The van der Waals surface area contributed by atoms with Crippen molar-refractivity contribution in [1.29, 1.82) is 0 Å². The van der Waals surface area contributed by atoms with E-state index in [0.29, 0.717) is 12.6 Å². The fraction of sp³-hybridized carbons (Fsp3) is 0.381. The average Bonchev–Trinajstić information content (AvgIpc) is 2.67. The number of guanidine groups is 1. The summed E-state index contributed by atoms with van der Waals surface area (Å²) in [5.41, 5.74) is 2.49. The summed E-state index contributed by atoms with van der Waals surface area (Å²) in [7, 11) is 7.70. The highest BCUT2D eigenvalue weighted by atomic mass is 127. The largest absolute Gasteiger partial charge is 0.497 e. The third-order valence-electron chi connectivity index (χ3n) is 4.37. The van der Waals surface area contributed by atoms with Gasteiger partial charge < -0.3 is 20.3 Å². The van der Waals surface area contributed by atoms with Crippen molar-refractivity contribution in [2.75, 3.05) is 34.8 Å². The third kappa shape index (κ3) is 8.17. The molecule has 0 saturated carbocycles. The van der Waals surface area contributed by atoms with E-state index in [0.717, 1.165) is 30.2 Å². The van der Waals surface area contributed by atoms with Crippen LogP contribution >= 0.6 is 24.0 Å². The Hall–Kier alpha value is -1.80. The van der Waals surface area contributed by atoms with Crippen LogP contribution in [0.1, 0.15) is 11.1 Å². The van der Waals surface area contributed by atoms with E-state index in [-0.39, 0.29) is 24.0 Å². The number of methoxy groups -OCH3 is 1. The lowest BCUT2D eigenvalue weighted by Crippen LogP contribution is -2.45. The van der Waals surface area contributed by atoms with Crippen molar-refractivity contribution in [2.24, 2.45) is 4.99 Å². The molecule has 2 aromatic carbocycles. The Labute approximate surface area is 180 Å². The fourth-order valence-electron chi connectivity index (χ4n) is 2.73. The molecule has 0 aliphatic rings. The average molecular weight is 482 g/mol. The maximum atomic E-state index is 5.27. The van der Waals surface area contributed by atoms with Crippen LogP contribution < -0.4 is 15.4 Å². The molecule has 6 heteroatoms. The molecule has 0 aliphatic heterocycles. The Bertz CT molecular complexity index is 692. The summed E-state index contributed by atoms with van der Waals surface area (Å²) in [6.45, 7) is 1.52. The predicted octanol–water partition coefficient (Wildman–Crippen LogP) is 3.15. The second kappa shape index (κ2) is 12.6. The Morgan fingerprint density at radius 3 is 2.37 bits per heavy atom. The molecule has 0 heterocycles. The van der Waals surface area contributed by atoms with Crippen LogP contribution in [-0.4, -0.2) is 51.7 Å². The maximum Gasteiger partial charge on any atom is 0.191 e. The van der Waals surface area contributed by atoms with Gasteiger partial charge in [0.05, 0.1) is 7.11 Å². The van der Waals surface area contributed by atoms with Crippen LogP contribution in [-0.2, 0) is 13.0 Å². The number of hydrogen-bond acceptors (Lipinski definition) is 3. The van der Waals surface area contributed by atoms with Crippen molar-refractivity contribution >= 4 is 29.9 Å². The summed E-state index contributed by atoms with van der Waals surface area (Å²) in [5, 5.41) is 6.80. The van der Waals surface area contributed by atoms with Crippen LogP contribution in [0.25, 0.3) is 0 Å². The molecule has 0 spiro atoms. The topological polar surface area (TPSA) is 48.9 Å². The van der Waals surface area contributed by atoms with Crippen molar-refractivity contribution < 1.29 is 4.74 Å². The van der Waals surface area contributed by atoms with Gasteiger partial charge >= 0.3 is 0 Å². The minimum Gasteiger partial charge on any atom is -0.497 e. The fourth-order valence-corrected chi connectivity index (χ4v) is 2.73. The highest BCUT2D eigenvalue weighted by molar-refractivity contribution is 14.0. The van der Waals surface area contributed by atoms with Gasteiger partial charge in [0.15, 0.2) is 5.96 Å². The summed E-state index contributed by atoms with van der Waals surface area (Å²) in [4.78, 5) is 6.57. The Morgan fingerprint density at radius 2 is 1.74 bits per heavy atom. The van der Waals surface area contributed by atoms with E-state index >= 15 is 0 Å². The maximum absolute atomic E-state index is 5.27. The monoisotopic (exact) mass is 482 g/mol. The van der Waals surface area contributed by atoms with E-state index in [9.17, 15) is 0 Å². The number of ether oxygens (including phenoxy) is 1. The SMILES string of the molecule is CN=C(NCc1cccc(OC)c1)NCC(Cc1ccccc1)N(C)C.I. The molecule has 0 amide bonds. The standard InChI is InChI=1S/C21H30N4O.HI/c1-22-21(23-15-18-11-8-12-20(14-18)26-4)24-16-19(25(2)3)13-17-9-6-5-7-10-17;/h5-12,14,19H,13,15-16H2,1-4H3,(H2,22,23,24);1H. The van der Waals surface area contributed by atoms with Crippen molar-refractivity contribution in [3.8, 4) is 5.75 Å². The van der Waals surface area contributed by atoms with E-state index < -0.39 is 0 Å². The van der Waals surface area contributed by atoms with Crippen LogP contribution in [0.2, 0.25) is 0 Å². The van der Waals surface area contributed by atoms with Crippen molar-refractivity contribution in [2.45, 2.75) is 19.0 Å². The number of benzene rings is 2. The number of hydrogen-bond donors (Lipinski definition) is 2. The lowest BCUT2D eigenvalue weighted by molar-refractivity contribution is 0.290. The first-order valence-corrected chi connectivity index (χ1v) is 8.90. The molecule has 0 aliphatic carbocycles. The quantitative estimate of drug-likeness (QED) is 0.345. The zero-order chi connectivity index (χ0) is 18.8. The van der Waals surface area contributed by atoms with Gasteiger partial charge in [0.2, 0.25) is 0 Å². The van der Waals surface area contributed by atoms with Gasteiger partial charge in [-0.1, -0.05) is 42.5 Å². The molecular weight excluding hydrogens is 451 g/mol. The second-order valence-corrected chi connectivity index (χ2v) is 6.47. The van der Waals surface area contributed by atoms with Gasteiger partial charge in [0.1, 0.15) is 5.75 Å². The van der Waals surface area contributed by atoms with E-state index in [1.165, 1.54) is 5.56 Å². The van der Waals surface area contributed by atoms with Gasteiger partial charge in [0, 0.05) is 26.2 Å². The molecule has 27 heavy (non-hydrogen) atoms. The van der Waals surface area contributed by atoms with Gasteiger partial charge in [-0.3, -0.25) is 4.99 Å². The molecule has 2 aromatic rings. The second-order valence-electron chi connectivity index (χ2n) is 6.47. The number of nitrogens with one attached hydrogen (secondary N) is 2. The van der Waals surface area contributed by atoms with Gasteiger partial charge in [0.25, 0.3) is 0 Å². The molecule has 0 fully saturated rings. The van der Waals surface area contributed by atoms with Crippen LogP contribution in [0, 0.1) is 0 Å². The number of halogens is 1. The number of aliphatic imine (C=N–C) groups is 1. The van der Waals surface area contributed by atoms with Crippen molar-refractivity contribution in [1.82, 2.24) is 15.5 Å². The number of rotatable bonds is 8. The Kier molecular flexibility index (Phi) is 10.8. The molecule has 0 radical (unpaired) electrons. The van der Waals surface area contributed by atoms with Gasteiger partial charge in [-0.2, -0.15) is 0 Å². The zero-order valence-corrected chi connectivity index (χ0v) is 18.9. The normalized spacial score (nSPS) is 12.3. The first kappa shape index (κ1) is 23.2. The van der Waals surface area contributed by atoms with Crippen LogP contribution in [0.15, 0.2) is 59.6 Å². The minimum absolute atomic E-state index is 0. The molecule has 0 bridgehead atoms. The summed E-state index contributed by atoms with van der Waals surface area (Å²) in [6, 6.07) is 19.0. The summed E-state index contributed by atoms with van der Waals surface area (Å²) >= 11 is 0. The molecule has 2 N–H and O–H groups in total. The number of likely N-dealkylation sites (N-methyl/N-ethyl adjacent to an activating group) is 1. The molecule has 2 rings (SSSR count). The summed E-state index contributed by atoms with van der Waals surface area (Å²) < 4.78 is 5.27. The Morgan fingerprint density at radius 1 is 1.04 bits per heavy atom. The molecular formula is C21H31IN4O. The summed E-state index contributed by atoms with van der Waals surface area (Å²) in [6.07, 6.45) is 0.994. The Balaban J connectivity index is 0.00000364. The van der Waals surface area contributed by atoms with E-state index in [1.54, 1.807) is 14.2 Å². The van der Waals surface area contributed by atoms with E-state index in [4.69, 9.17) is 4.74 Å². The molecule has 0 saturated heterocycles. The van der Waals surface area contributed by atoms with E-state index in [2.05, 4.69) is 71.0 Å². The molecule has 1 unspecified atom stereocenters. The van der Waals surface area contributed by atoms with Gasteiger partial charge in [-0.15, -0.1) is 24.0 Å². The highest BCUT2D eigenvalue weighted by Gasteiger charge is 2.13. The minimum atomic E-state index is 0. The third-order valence-corrected chi connectivity index (χ3v) is 4.37. The van der Waals surface area contributed by atoms with Gasteiger partial charge in [-0.25, -0.2) is 0 Å². The van der Waals surface area contributed by atoms with Crippen LogP contribution in [0.4, 0.5) is 0 Å². The molecule has 148 valence electrons. The number of nitrogens with zero attached hydrogens (tertiary/aromatic N) is 2. The first-order valence-electron chi connectivity index (χ1n) is 8.90. The molecule has 5 nitrogen and oxygen atoms in total. The van der Waals surface area contributed by atoms with Gasteiger partial charge in [-0.05, 0) is 43.8 Å². The summed E-state index contributed by atoms with van der Waals surface area (Å²) in [5.74, 6) is 1.66. The molecule has 0 aromatic heterocycles. The molecule has 1 atom stereocenters. The predicted molar refractivity (Wildman–Crippen MR) is 124 cm³/mol.